The molecule has 5 rings (SSSR count). The van der Waals surface area contributed by atoms with Crippen molar-refractivity contribution in [1.29, 1.82) is 0 Å². The lowest BCUT2D eigenvalue weighted by atomic mass is 9.61. The average molecular weight is 535 g/mol. The van der Waals surface area contributed by atoms with E-state index < -0.39 is 18.3 Å². The van der Waals surface area contributed by atoms with E-state index in [4.69, 9.17) is 0 Å². The normalized spacial score (nSPS) is 36.0. The van der Waals surface area contributed by atoms with E-state index in [-0.39, 0.29) is 10.8 Å². The third-order valence-corrected chi connectivity index (χ3v) is 10.8. The summed E-state index contributed by atoms with van der Waals surface area (Å²) in [6, 6.07) is 0. The summed E-state index contributed by atoms with van der Waals surface area (Å²) < 4.78 is 0. The minimum Gasteiger partial charge on any atom is -0.393 e. The second-order valence-electron chi connectivity index (χ2n) is 13.4. The van der Waals surface area contributed by atoms with Gasteiger partial charge in [0.05, 0.1) is 23.7 Å². The van der Waals surface area contributed by atoms with Gasteiger partial charge in [0, 0.05) is 18.3 Å². The van der Waals surface area contributed by atoms with Crippen LogP contribution in [0.4, 0.5) is 0 Å². The van der Waals surface area contributed by atoms with Crippen LogP contribution in [0.25, 0.3) is 0 Å². The number of aromatic amines is 1. The molecule has 214 valence electrons. The molecule has 7 atom stereocenters. The highest BCUT2D eigenvalue weighted by atomic mass is 16.3. The summed E-state index contributed by atoms with van der Waals surface area (Å²) in [6.45, 7) is 11.1. The number of aliphatic hydroxyl groups is 3. The summed E-state index contributed by atoms with van der Waals surface area (Å²) in [5.41, 5.74) is 4.48. The molecule has 5 nitrogen and oxygen atoms in total. The van der Waals surface area contributed by atoms with Gasteiger partial charge in [-0.1, -0.05) is 63.6 Å². The van der Waals surface area contributed by atoms with Crippen LogP contribution in [-0.4, -0.2) is 43.6 Å². The molecule has 0 aliphatic heterocycles. The van der Waals surface area contributed by atoms with Crippen LogP contribution in [0.15, 0.2) is 53.8 Å². The molecule has 1 heterocycles. The third kappa shape index (κ3) is 5.64. The zero-order valence-corrected chi connectivity index (χ0v) is 24.3. The number of imidazole rings is 1. The monoisotopic (exact) mass is 534 g/mol. The van der Waals surface area contributed by atoms with E-state index >= 15 is 0 Å². The van der Waals surface area contributed by atoms with Gasteiger partial charge in [-0.15, -0.1) is 0 Å². The van der Waals surface area contributed by atoms with Crippen LogP contribution in [0.5, 0.6) is 0 Å². The first-order chi connectivity index (χ1) is 18.7. The molecule has 4 saturated carbocycles. The minimum atomic E-state index is -0.639. The fraction of sp³-hybridized carbons (Fsp3) is 0.676. The van der Waals surface area contributed by atoms with Crippen molar-refractivity contribution >= 4 is 0 Å². The molecule has 4 aliphatic rings. The predicted molar refractivity (Wildman–Crippen MR) is 157 cm³/mol. The largest absolute Gasteiger partial charge is 0.393 e. The Bertz CT molecular complexity index is 1130. The molecule has 4 fully saturated rings. The number of nitrogens with one attached hydrogen (secondary N) is 1. The van der Waals surface area contributed by atoms with Crippen LogP contribution >= 0.6 is 0 Å². The van der Waals surface area contributed by atoms with Crippen molar-refractivity contribution < 1.29 is 15.3 Å². The highest BCUT2D eigenvalue weighted by molar-refractivity contribution is 5.39. The Labute approximate surface area is 235 Å². The molecule has 1 aromatic heterocycles. The minimum absolute atomic E-state index is 0.235. The summed E-state index contributed by atoms with van der Waals surface area (Å²) >= 11 is 0. The predicted octanol–water partition coefficient (Wildman–Crippen LogP) is 6.48. The van der Waals surface area contributed by atoms with E-state index in [2.05, 4.69) is 61.6 Å². The van der Waals surface area contributed by atoms with Gasteiger partial charge in [-0.3, -0.25) is 0 Å². The van der Waals surface area contributed by atoms with E-state index in [0.29, 0.717) is 30.6 Å². The van der Waals surface area contributed by atoms with Crippen LogP contribution in [-0.2, 0) is 11.8 Å². The quantitative estimate of drug-likeness (QED) is 0.273. The zero-order valence-electron chi connectivity index (χ0n) is 24.3. The molecule has 0 saturated heterocycles. The summed E-state index contributed by atoms with van der Waals surface area (Å²) in [6.07, 6.45) is 21.4. The fourth-order valence-corrected chi connectivity index (χ4v) is 8.12. The molecule has 4 aliphatic carbocycles. The number of hydrogen-bond acceptors (Lipinski definition) is 4. The van der Waals surface area contributed by atoms with Gasteiger partial charge in [-0.05, 0) is 98.5 Å². The van der Waals surface area contributed by atoms with E-state index in [1.165, 1.54) is 43.4 Å². The van der Waals surface area contributed by atoms with Crippen LogP contribution in [0.2, 0.25) is 0 Å². The first-order valence-corrected chi connectivity index (χ1v) is 15.5. The molecule has 1 aromatic rings. The van der Waals surface area contributed by atoms with Crippen LogP contribution in [0.3, 0.4) is 0 Å². The second-order valence-corrected chi connectivity index (χ2v) is 13.4. The summed E-state index contributed by atoms with van der Waals surface area (Å²) in [5, 5.41) is 31.6. The van der Waals surface area contributed by atoms with Crippen LogP contribution < -0.4 is 0 Å². The lowest BCUT2D eigenvalue weighted by Crippen LogP contribution is -2.35. The maximum absolute atomic E-state index is 11.3. The van der Waals surface area contributed by atoms with Crippen molar-refractivity contribution in [2.24, 2.45) is 23.2 Å². The van der Waals surface area contributed by atoms with Crippen molar-refractivity contribution in [2.75, 3.05) is 0 Å². The van der Waals surface area contributed by atoms with Crippen molar-refractivity contribution in [2.45, 2.75) is 122 Å². The Balaban J connectivity index is 1.26. The van der Waals surface area contributed by atoms with E-state index in [9.17, 15) is 15.3 Å². The fourth-order valence-electron chi connectivity index (χ4n) is 8.12. The SMILES string of the molecule is C=C1C(=CC=C2CCC[C@]3(C)[C@@H]([C@H](C)C=C[C@H](O)C4(c5ncc(CCCC)[nH]5)CC4)CC[C@@H]23)C[C@@H](O)C[C@@H]1O. The number of nitrogens with zero attached hydrogens (tertiary/aromatic N) is 1. The van der Waals surface area contributed by atoms with E-state index in [1.54, 1.807) is 0 Å². The molecule has 0 radical (unpaired) electrons. The van der Waals surface area contributed by atoms with Gasteiger partial charge >= 0.3 is 0 Å². The van der Waals surface area contributed by atoms with E-state index in [1.807, 2.05) is 6.20 Å². The molecular formula is C34H50N2O3. The summed E-state index contributed by atoms with van der Waals surface area (Å²) in [5.74, 6) is 2.53. The molecule has 0 unspecified atom stereocenters. The Morgan fingerprint density at radius 2 is 1.97 bits per heavy atom. The lowest BCUT2D eigenvalue weighted by Gasteiger charge is -2.44. The maximum atomic E-state index is 11.3. The first-order valence-electron chi connectivity index (χ1n) is 15.5. The van der Waals surface area contributed by atoms with Gasteiger partial charge in [0.2, 0.25) is 0 Å². The summed E-state index contributed by atoms with van der Waals surface area (Å²) in [7, 11) is 0. The third-order valence-electron chi connectivity index (χ3n) is 10.8. The topological polar surface area (TPSA) is 89.4 Å². The number of hydrogen-bond donors (Lipinski definition) is 4. The average Bonchev–Trinajstić information content (AvgIpc) is 3.44. The number of aromatic nitrogens is 2. The smallest absolute Gasteiger partial charge is 0.115 e. The van der Waals surface area contributed by atoms with Crippen LogP contribution in [0.1, 0.15) is 103 Å². The lowest BCUT2D eigenvalue weighted by molar-refractivity contribution is 0.0862. The Kier molecular flexibility index (Phi) is 8.43. The Morgan fingerprint density at radius 1 is 1.18 bits per heavy atom. The number of unbranched alkanes of at least 4 members (excludes halogenated alkanes) is 1. The number of fused-ring (bicyclic) bond motifs is 1. The number of rotatable bonds is 9. The number of allylic oxidation sites excluding steroid dienone is 4. The van der Waals surface area contributed by atoms with Gasteiger partial charge in [0.1, 0.15) is 5.82 Å². The molecule has 5 heteroatoms. The molecule has 0 bridgehead atoms. The van der Waals surface area contributed by atoms with Gasteiger partial charge in [0.15, 0.2) is 0 Å². The second kappa shape index (κ2) is 11.5. The van der Waals surface area contributed by atoms with Crippen molar-refractivity contribution in [3.05, 3.63) is 65.3 Å². The molecule has 39 heavy (non-hydrogen) atoms. The molecule has 0 amide bonds. The number of H-pyrrole nitrogens is 1. The highest BCUT2D eigenvalue weighted by Gasteiger charge is 2.53. The Morgan fingerprint density at radius 3 is 2.72 bits per heavy atom. The molecule has 0 spiro atoms. The zero-order chi connectivity index (χ0) is 27.8. The first kappa shape index (κ1) is 28.6. The summed E-state index contributed by atoms with van der Waals surface area (Å²) in [4.78, 5) is 8.19. The van der Waals surface area contributed by atoms with Gasteiger partial charge < -0.3 is 20.3 Å². The highest BCUT2D eigenvalue weighted by Crippen LogP contribution is 2.59. The molecular weight excluding hydrogens is 484 g/mol. The van der Waals surface area contributed by atoms with E-state index in [0.717, 1.165) is 49.1 Å². The van der Waals surface area contributed by atoms with Crippen molar-refractivity contribution in [3.8, 4) is 0 Å². The molecule has 0 aromatic carbocycles. The number of aryl methyl sites for hydroxylation is 1. The maximum Gasteiger partial charge on any atom is 0.115 e. The van der Waals surface area contributed by atoms with Gasteiger partial charge in [-0.25, -0.2) is 4.98 Å². The van der Waals surface area contributed by atoms with Crippen molar-refractivity contribution in [3.63, 3.8) is 0 Å². The van der Waals surface area contributed by atoms with Gasteiger partial charge in [-0.2, -0.15) is 0 Å². The van der Waals surface area contributed by atoms with Crippen LogP contribution in [0, 0.1) is 23.2 Å². The van der Waals surface area contributed by atoms with Gasteiger partial charge in [0.25, 0.3) is 0 Å². The molecule has 4 N–H and O–H groups in total. The Hall–Kier alpha value is -1.95. The number of aliphatic hydroxyl groups excluding tert-OH is 3. The van der Waals surface area contributed by atoms with Crippen molar-refractivity contribution in [1.82, 2.24) is 9.97 Å². The standard InChI is InChI=1S/C34H50N2O3/c1-5-6-9-26-21-35-32(36-26)34(17-18-34)31(39)15-10-22(2)28-13-14-29-24(8-7-16-33(28,29)4)11-12-25-19-27(37)20-30(38)23(25)3/h10-12,15,21-22,27-31,37-39H,3,5-9,13-14,16-20H2,1-2,4H3,(H,35,36)/t22-,27-,28-,29+,30+,31+,33-/m1/s1.